The van der Waals surface area contributed by atoms with Crippen LogP contribution >= 0.6 is 11.6 Å². The van der Waals surface area contributed by atoms with E-state index in [1.165, 1.54) is 30.3 Å². The van der Waals surface area contributed by atoms with Crippen LogP contribution in [0.4, 0.5) is 10.1 Å². The highest BCUT2D eigenvalue weighted by atomic mass is 35.5. The number of aryl methyl sites for hydroxylation is 1. The fourth-order valence-electron chi connectivity index (χ4n) is 4.51. The number of aliphatic carboxylic acids is 1. The Kier molecular flexibility index (Phi) is 8.89. The summed E-state index contributed by atoms with van der Waals surface area (Å²) in [5, 5.41) is 22.8. The first kappa shape index (κ1) is 30.6. The smallest absolute Gasteiger partial charge is 0.305 e. The maximum Gasteiger partial charge on any atom is 0.305 e. The lowest BCUT2D eigenvalue weighted by molar-refractivity contribution is -0.384. The van der Waals surface area contributed by atoms with E-state index in [1.54, 1.807) is 19.1 Å². The summed E-state index contributed by atoms with van der Waals surface area (Å²) in [5.41, 5.74) is 0.747. The second kappa shape index (κ2) is 12.2. The summed E-state index contributed by atoms with van der Waals surface area (Å²) < 4.78 is 41.9. The minimum Gasteiger partial charge on any atom is -0.481 e. The van der Waals surface area contributed by atoms with Gasteiger partial charge in [0.05, 0.1) is 27.3 Å². The minimum absolute atomic E-state index is 0.0779. The number of nitrogens with one attached hydrogen (secondary N) is 1. The van der Waals surface area contributed by atoms with Crippen LogP contribution in [0.3, 0.4) is 0 Å². The molecule has 15 heteroatoms. The molecule has 1 saturated heterocycles. The SMILES string of the molecule is Cc1ccc(C(=O)N2CCN(S(=O)(=O)c3ccc(F)c(Cl)c3)C2C(=O)NC(CC(=O)O)c2cccc([N+](=O)[O-])c2)cc1. The van der Waals surface area contributed by atoms with Gasteiger partial charge in [0.15, 0.2) is 6.17 Å². The van der Waals surface area contributed by atoms with Gasteiger partial charge >= 0.3 is 5.97 Å². The molecule has 1 fully saturated rings. The average molecular weight is 619 g/mol. The average Bonchev–Trinajstić information content (AvgIpc) is 3.40. The molecular weight excluding hydrogens is 595 g/mol. The molecule has 42 heavy (non-hydrogen) atoms. The zero-order chi connectivity index (χ0) is 30.8. The molecule has 2 atom stereocenters. The molecule has 1 heterocycles. The Morgan fingerprint density at radius 2 is 1.81 bits per heavy atom. The van der Waals surface area contributed by atoms with Crippen molar-refractivity contribution < 1.29 is 37.2 Å². The number of carboxylic acids is 1. The highest BCUT2D eigenvalue weighted by molar-refractivity contribution is 7.89. The number of carboxylic acid groups (broad SMARTS) is 1. The normalized spacial score (nSPS) is 16.2. The first-order chi connectivity index (χ1) is 19.8. The number of nitro benzene ring substituents is 1. The van der Waals surface area contributed by atoms with Crippen LogP contribution in [0.1, 0.15) is 33.9 Å². The highest BCUT2D eigenvalue weighted by Gasteiger charge is 2.47. The molecular formula is C27H24ClFN4O8S. The van der Waals surface area contributed by atoms with Crippen molar-refractivity contribution >= 4 is 45.1 Å². The van der Waals surface area contributed by atoms with Crippen LogP contribution < -0.4 is 5.32 Å². The van der Waals surface area contributed by atoms with Gasteiger partial charge in [0, 0.05) is 30.8 Å². The molecule has 4 rings (SSSR count). The van der Waals surface area contributed by atoms with Gasteiger partial charge in [-0.05, 0) is 42.8 Å². The molecule has 0 bridgehead atoms. The number of hydrogen-bond acceptors (Lipinski definition) is 7. The largest absolute Gasteiger partial charge is 0.481 e. The third kappa shape index (κ3) is 6.40. The van der Waals surface area contributed by atoms with Gasteiger partial charge in [0.2, 0.25) is 10.0 Å². The van der Waals surface area contributed by atoms with Crippen molar-refractivity contribution in [1.82, 2.24) is 14.5 Å². The van der Waals surface area contributed by atoms with E-state index in [-0.39, 0.29) is 29.9 Å². The number of carbonyl (C=O) groups excluding carboxylic acids is 2. The van der Waals surface area contributed by atoms with E-state index in [0.29, 0.717) is 0 Å². The van der Waals surface area contributed by atoms with E-state index in [1.807, 2.05) is 0 Å². The number of halogens is 2. The van der Waals surface area contributed by atoms with Crippen molar-refractivity contribution in [2.24, 2.45) is 0 Å². The van der Waals surface area contributed by atoms with Crippen LogP contribution in [0.15, 0.2) is 71.6 Å². The maximum absolute atomic E-state index is 13.8. The van der Waals surface area contributed by atoms with Crippen molar-refractivity contribution in [3.8, 4) is 0 Å². The van der Waals surface area contributed by atoms with E-state index < -0.39 is 67.1 Å². The number of amides is 2. The van der Waals surface area contributed by atoms with Gasteiger partial charge in [-0.3, -0.25) is 24.5 Å². The van der Waals surface area contributed by atoms with E-state index in [0.717, 1.165) is 39.0 Å². The summed E-state index contributed by atoms with van der Waals surface area (Å²) in [5.74, 6) is -3.94. The van der Waals surface area contributed by atoms with Gasteiger partial charge in [-0.15, -0.1) is 0 Å². The molecule has 1 aliphatic heterocycles. The first-order valence-corrected chi connectivity index (χ1v) is 14.2. The van der Waals surface area contributed by atoms with Gasteiger partial charge in [-0.1, -0.05) is 41.4 Å². The van der Waals surface area contributed by atoms with E-state index >= 15 is 0 Å². The van der Waals surface area contributed by atoms with Crippen LogP contribution in [-0.4, -0.2) is 64.7 Å². The Labute approximate surface area is 244 Å². The van der Waals surface area contributed by atoms with Crippen molar-refractivity contribution in [1.29, 1.82) is 0 Å². The molecule has 3 aromatic rings. The predicted molar refractivity (Wildman–Crippen MR) is 148 cm³/mol. The third-order valence-corrected chi connectivity index (χ3v) is 8.74. The van der Waals surface area contributed by atoms with Gasteiger partial charge < -0.3 is 15.3 Å². The second-order valence-corrected chi connectivity index (χ2v) is 11.7. The summed E-state index contributed by atoms with van der Waals surface area (Å²) in [6.07, 6.45) is -2.49. The monoisotopic (exact) mass is 618 g/mol. The molecule has 2 N–H and O–H groups in total. The standard InChI is InChI=1S/C27H24ClFN4O8S/c1-16-5-7-17(8-6-16)27(37)31-11-12-32(42(40,41)20-9-10-22(29)21(28)14-20)26(31)25(36)30-23(15-24(34)35)18-3-2-4-19(13-18)33(38)39/h2-10,13-14,23,26H,11-12,15H2,1H3,(H,30,36)(H,34,35). The van der Waals surface area contributed by atoms with Crippen molar-refractivity contribution in [3.63, 3.8) is 0 Å². The molecule has 0 radical (unpaired) electrons. The lowest BCUT2D eigenvalue weighted by Gasteiger charge is -2.30. The molecule has 0 aromatic heterocycles. The fourth-order valence-corrected chi connectivity index (χ4v) is 6.32. The van der Waals surface area contributed by atoms with Crippen LogP contribution in [0.5, 0.6) is 0 Å². The summed E-state index contributed by atoms with van der Waals surface area (Å²) in [4.78, 5) is 50.2. The number of hydrogen-bond donors (Lipinski definition) is 2. The number of nitro groups is 1. The lowest BCUT2D eigenvalue weighted by Crippen LogP contribution is -2.54. The molecule has 3 aromatic carbocycles. The summed E-state index contributed by atoms with van der Waals surface area (Å²) in [6.45, 7) is 1.27. The quantitative estimate of drug-likeness (QED) is 0.271. The number of rotatable bonds is 9. The van der Waals surface area contributed by atoms with Gasteiger partial charge in [0.25, 0.3) is 17.5 Å². The van der Waals surface area contributed by atoms with E-state index in [2.05, 4.69) is 5.32 Å². The van der Waals surface area contributed by atoms with E-state index in [4.69, 9.17) is 11.6 Å². The Balaban J connectivity index is 1.76. The van der Waals surface area contributed by atoms with Crippen LogP contribution in [0.25, 0.3) is 0 Å². The summed E-state index contributed by atoms with van der Waals surface area (Å²) in [6, 6.07) is 12.7. The molecule has 2 amide bonds. The second-order valence-electron chi connectivity index (χ2n) is 9.44. The Bertz CT molecular complexity index is 1670. The van der Waals surface area contributed by atoms with Crippen LogP contribution in [-0.2, 0) is 19.6 Å². The number of sulfonamides is 1. The number of nitrogens with zero attached hydrogens (tertiary/aromatic N) is 3. The molecule has 12 nitrogen and oxygen atoms in total. The van der Waals surface area contributed by atoms with Gasteiger partial charge in [-0.25, -0.2) is 12.8 Å². The number of benzene rings is 3. The van der Waals surface area contributed by atoms with Crippen molar-refractivity contribution in [3.05, 3.63) is 104 Å². The zero-order valence-corrected chi connectivity index (χ0v) is 23.5. The summed E-state index contributed by atoms with van der Waals surface area (Å²) >= 11 is 5.81. The zero-order valence-electron chi connectivity index (χ0n) is 21.9. The first-order valence-electron chi connectivity index (χ1n) is 12.4. The molecule has 2 unspecified atom stereocenters. The molecule has 0 saturated carbocycles. The van der Waals surface area contributed by atoms with E-state index in [9.17, 15) is 42.4 Å². The van der Waals surface area contributed by atoms with Crippen molar-refractivity contribution in [2.45, 2.75) is 30.4 Å². The minimum atomic E-state index is -4.55. The van der Waals surface area contributed by atoms with Gasteiger partial charge in [0.1, 0.15) is 5.82 Å². The van der Waals surface area contributed by atoms with Crippen LogP contribution in [0, 0.1) is 22.9 Å². The predicted octanol–water partition coefficient (Wildman–Crippen LogP) is 3.50. The molecule has 220 valence electrons. The topological polar surface area (TPSA) is 167 Å². The molecule has 0 aliphatic carbocycles. The Morgan fingerprint density at radius 1 is 1.12 bits per heavy atom. The Morgan fingerprint density at radius 3 is 2.43 bits per heavy atom. The third-order valence-electron chi connectivity index (χ3n) is 6.60. The number of carbonyl (C=O) groups is 3. The maximum atomic E-state index is 13.8. The highest BCUT2D eigenvalue weighted by Crippen LogP contribution is 2.30. The lowest BCUT2D eigenvalue weighted by atomic mass is 10.0. The van der Waals surface area contributed by atoms with Gasteiger partial charge in [-0.2, -0.15) is 4.31 Å². The summed E-state index contributed by atoms with van der Waals surface area (Å²) in [7, 11) is -4.55. The number of non-ortho nitro benzene ring substituents is 1. The Hall–Kier alpha value is -4.40. The van der Waals surface area contributed by atoms with Crippen LogP contribution in [0.2, 0.25) is 5.02 Å². The molecule has 1 aliphatic rings. The van der Waals surface area contributed by atoms with Crippen molar-refractivity contribution in [2.75, 3.05) is 13.1 Å². The molecule has 0 spiro atoms. The fraction of sp³-hybridized carbons (Fsp3) is 0.222.